The Morgan fingerprint density at radius 1 is 1.10 bits per heavy atom. The molecule has 218 valence electrons. The monoisotopic (exact) mass is 548 g/mol. The number of aromatic amines is 1. The van der Waals surface area contributed by atoms with Gasteiger partial charge >= 0.3 is 0 Å². The number of rotatable bonds is 16. The van der Waals surface area contributed by atoms with E-state index < -0.39 is 12.0 Å². The minimum Gasteiger partial charge on any atom is -0.491 e. The van der Waals surface area contributed by atoms with Gasteiger partial charge in [0.25, 0.3) is 0 Å². The summed E-state index contributed by atoms with van der Waals surface area (Å²) in [5, 5.41) is 12.6. The number of ether oxygens (including phenoxy) is 6. The fourth-order valence-corrected chi connectivity index (χ4v) is 4.08. The van der Waals surface area contributed by atoms with Crippen molar-refractivity contribution in [3.8, 4) is 11.6 Å². The van der Waals surface area contributed by atoms with E-state index in [9.17, 15) is 9.90 Å². The Morgan fingerprint density at radius 3 is 2.59 bits per heavy atom. The Balaban J connectivity index is 1.39. The van der Waals surface area contributed by atoms with Crippen LogP contribution in [0.15, 0.2) is 35.1 Å². The van der Waals surface area contributed by atoms with E-state index in [1.54, 1.807) is 0 Å². The molecule has 2 heterocycles. The molecule has 2 unspecified atom stereocenters. The van der Waals surface area contributed by atoms with Crippen LogP contribution in [0.25, 0.3) is 0 Å². The van der Waals surface area contributed by atoms with Gasteiger partial charge in [0, 0.05) is 23.9 Å². The number of hydrogen-bond donors (Lipinski definition) is 3. The molecule has 1 aromatic heterocycles. The third-order valence-electron chi connectivity index (χ3n) is 5.98. The molecule has 0 saturated carbocycles. The van der Waals surface area contributed by atoms with Crippen molar-refractivity contribution >= 4 is 0 Å². The van der Waals surface area contributed by atoms with Crippen LogP contribution in [-0.4, -0.2) is 81.0 Å². The van der Waals surface area contributed by atoms with Gasteiger partial charge in [0.15, 0.2) is 11.3 Å². The van der Waals surface area contributed by atoms with E-state index in [1.165, 1.54) is 6.07 Å². The number of H-pyrrole nitrogens is 1. The molecule has 2 aromatic rings. The largest absolute Gasteiger partial charge is 0.491 e. The van der Waals surface area contributed by atoms with Crippen molar-refractivity contribution in [2.75, 3.05) is 52.8 Å². The summed E-state index contributed by atoms with van der Waals surface area (Å²) in [4.78, 5) is 16.0. The standard InChI is InChI=1S/C29H44N2O8/c1-5-24-25(31-27(18-26(24)32)38-20-23-19-35-15-17-37-23)11-8-21-6-9-22(10-7-21)36-16-14-34-13-12-30-28(33)39-29(2,3)4/h6-7,9-10,18,23,28,30,33H,5,8,11-17,19-20H2,1-4H3,(H,31,32). The minimum absolute atomic E-state index is 0.0155. The Labute approximate surface area is 230 Å². The van der Waals surface area contributed by atoms with Gasteiger partial charge in [0.05, 0.1) is 38.6 Å². The maximum Gasteiger partial charge on any atom is 0.214 e. The summed E-state index contributed by atoms with van der Waals surface area (Å²) in [6.45, 7) is 11.4. The van der Waals surface area contributed by atoms with Crippen LogP contribution in [0.4, 0.5) is 0 Å². The number of aromatic nitrogens is 1. The molecule has 1 saturated heterocycles. The van der Waals surface area contributed by atoms with Gasteiger partial charge in [0.2, 0.25) is 6.41 Å². The highest BCUT2D eigenvalue weighted by Crippen LogP contribution is 2.17. The molecule has 0 radical (unpaired) electrons. The lowest BCUT2D eigenvalue weighted by molar-refractivity contribution is -0.182. The van der Waals surface area contributed by atoms with E-state index in [0.29, 0.717) is 71.5 Å². The first kappa shape index (κ1) is 31.1. The molecular formula is C29H44N2O8. The fourth-order valence-electron chi connectivity index (χ4n) is 4.08. The zero-order valence-corrected chi connectivity index (χ0v) is 23.6. The second-order valence-electron chi connectivity index (χ2n) is 10.3. The SMILES string of the molecule is CCc1c(CCc2ccc(OCCOCCNC(O)OC(C)(C)C)cc2)[nH]c(OCC2COCCO2)cc1=O. The van der Waals surface area contributed by atoms with Crippen molar-refractivity contribution in [2.24, 2.45) is 0 Å². The van der Waals surface area contributed by atoms with Crippen molar-refractivity contribution < 1.29 is 33.5 Å². The number of aliphatic hydroxyl groups is 1. The summed E-state index contributed by atoms with van der Waals surface area (Å²) in [6, 6.07) is 9.45. The topological polar surface area (TPSA) is 121 Å². The molecule has 10 heteroatoms. The Kier molecular flexibility index (Phi) is 12.7. The van der Waals surface area contributed by atoms with E-state index in [0.717, 1.165) is 29.0 Å². The average Bonchev–Trinajstić information content (AvgIpc) is 2.90. The quantitative estimate of drug-likeness (QED) is 0.215. The first-order valence-corrected chi connectivity index (χ1v) is 13.7. The van der Waals surface area contributed by atoms with Gasteiger partial charge in [-0.1, -0.05) is 19.1 Å². The maximum atomic E-state index is 12.7. The van der Waals surface area contributed by atoms with E-state index in [-0.39, 0.29) is 11.5 Å². The van der Waals surface area contributed by atoms with E-state index >= 15 is 0 Å². The summed E-state index contributed by atoms with van der Waals surface area (Å²) in [7, 11) is 0. The van der Waals surface area contributed by atoms with Gasteiger partial charge in [-0.15, -0.1) is 0 Å². The summed E-state index contributed by atoms with van der Waals surface area (Å²) in [6.07, 6.45) is 0.962. The summed E-state index contributed by atoms with van der Waals surface area (Å²) in [5.41, 5.74) is 2.38. The fraction of sp³-hybridized carbons (Fsp3) is 0.621. The highest BCUT2D eigenvalue weighted by Gasteiger charge is 2.17. The van der Waals surface area contributed by atoms with Crippen LogP contribution in [-0.2, 0) is 38.2 Å². The number of aryl methyl sites for hydroxylation is 2. The highest BCUT2D eigenvalue weighted by molar-refractivity contribution is 5.30. The molecule has 1 aliphatic heterocycles. The predicted octanol–water partition coefficient (Wildman–Crippen LogP) is 2.59. The van der Waals surface area contributed by atoms with Crippen molar-refractivity contribution in [1.29, 1.82) is 0 Å². The number of aliphatic hydroxyl groups excluding tert-OH is 1. The molecule has 0 bridgehead atoms. The normalized spacial score (nSPS) is 16.7. The average molecular weight is 549 g/mol. The third-order valence-corrected chi connectivity index (χ3v) is 5.98. The molecule has 1 fully saturated rings. The molecular weight excluding hydrogens is 504 g/mol. The van der Waals surface area contributed by atoms with Gasteiger partial charge in [-0.2, -0.15) is 0 Å². The maximum absolute atomic E-state index is 12.7. The third kappa shape index (κ3) is 11.7. The first-order chi connectivity index (χ1) is 18.7. The summed E-state index contributed by atoms with van der Waals surface area (Å²) >= 11 is 0. The van der Waals surface area contributed by atoms with Gasteiger partial charge in [-0.3, -0.25) is 10.1 Å². The molecule has 0 aliphatic carbocycles. The van der Waals surface area contributed by atoms with Crippen LogP contribution in [0.1, 0.15) is 44.5 Å². The van der Waals surface area contributed by atoms with E-state index in [4.69, 9.17) is 28.4 Å². The molecule has 3 rings (SSSR count). The van der Waals surface area contributed by atoms with Gasteiger partial charge in [-0.05, 0) is 57.7 Å². The molecule has 2 atom stereocenters. The minimum atomic E-state index is -1.02. The highest BCUT2D eigenvalue weighted by atomic mass is 16.6. The first-order valence-electron chi connectivity index (χ1n) is 13.7. The lowest BCUT2D eigenvalue weighted by Gasteiger charge is -2.24. The van der Waals surface area contributed by atoms with Gasteiger partial charge < -0.3 is 38.5 Å². The molecule has 0 spiro atoms. The smallest absolute Gasteiger partial charge is 0.214 e. The second kappa shape index (κ2) is 16.0. The van der Waals surface area contributed by atoms with Crippen LogP contribution >= 0.6 is 0 Å². The summed E-state index contributed by atoms with van der Waals surface area (Å²) < 4.78 is 33.5. The molecule has 1 aliphatic rings. The van der Waals surface area contributed by atoms with Crippen molar-refractivity contribution in [1.82, 2.24) is 10.3 Å². The lowest BCUT2D eigenvalue weighted by atomic mass is 10.0. The van der Waals surface area contributed by atoms with Crippen LogP contribution in [0, 0.1) is 0 Å². The lowest BCUT2D eigenvalue weighted by Crippen LogP contribution is -2.39. The van der Waals surface area contributed by atoms with Crippen LogP contribution in [0.3, 0.4) is 0 Å². The van der Waals surface area contributed by atoms with Crippen LogP contribution in [0.5, 0.6) is 11.6 Å². The number of hydrogen-bond acceptors (Lipinski definition) is 9. The van der Waals surface area contributed by atoms with Gasteiger partial charge in [-0.25, -0.2) is 0 Å². The molecule has 3 N–H and O–H groups in total. The van der Waals surface area contributed by atoms with Crippen LogP contribution < -0.4 is 20.2 Å². The number of pyridine rings is 1. The Hall–Kier alpha value is -2.47. The molecule has 1 aromatic carbocycles. The Bertz CT molecular complexity index is 1030. The number of nitrogens with one attached hydrogen (secondary N) is 2. The van der Waals surface area contributed by atoms with Crippen molar-refractivity contribution in [3.05, 3.63) is 57.4 Å². The Morgan fingerprint density at radius 2 is 1.90 bits per heavy atom. The second-order valence-corrected chi connectivity index (χ2v) is 10.3. The molecule has 10 nitrogen and oxygen atoms in total. The predicted molar refractivity (Wildman–Crippen MR) is 148 cm³/mol. The zero-order valence-electron chi connectivity index (χ0n) is 23.6. The zero-order chi connectivity index (χ0) is 28.1. The van der Waals surface area contributed by atoms with Crippen molar-refractivity contribution in [3.63, 3.8) is 0 Å². The van der Waals surface area contributed by atoms with Gasteiger partial charge in [0.1, 0.15) is 25.1 Å². The van der Waals surface area contributed by atoms with E-state index in [2.05, 4.69) is 10.3 Å². The molecule has 39 heavy (non-hydrogen) atoms. The van der Waals surface area contributed by atoms with Crippen molar-refractivity contribution in [2.45, 2.75) is 65.1 Å². The summed E-state index contributed by atoms with van der Waals surface area (Å²) in [5.74, 6) is 1.22. The van der Waals surface area contributed by atoms with E-state index in [1.807, 2.05) is 52.0 Å². The number of benzene rings is 1. The molecule has 0 amide bonds. The van der Waals surface area contributed by atoms with Crippen LogP contribution in [0.2, 0.25) is 0 Å².